The Hall–Kier alpha value is -0.0800. The molecule has 0 N–H and O–H groups in total. The molecule has 1 aromatic carbocycles. The minimum Gasteiger partial charge on any atom is -0.142 e. The van der Waals surface area contributed by atoms with Gasteiger partial charge < -0.3 is 0 Å². The normalized spacial score (nSPS) is 27.8. The van der Waals surface area contributed by atoms with Gasteiger partial charge in [0.2, 0.25) is 0 Å². The lowest BCUT2D eigenvalue weighted by Gasteiger charge is -2.29. The Morgan fingerprint density at radius 3 is 1.90 bits per heavy atom. The molecular weight excluding hydrogens is 388 g/mol. The van der Waals surface area contributed by atoms with Crippen LogP contribution in [0.15, 0.2) is 24.3 Å². The van der Waals surface area contributed by atoms with E-state index >= 15 is 0 Å². The van der Waals surface area contributed by atoms with Crippen LogP contribution in [0.5, 0.6) is 0 Å². The molecule has 1 aromatic rings. The molecular formula is C27H44S2. The largest absolute Gasteiger partial charge is 0.142 e. The Labute approximate surface area is 189 Å². The number of benzene rings is 1. The van der Waals surface area contributed by atoms with Gasteiger partial charge in [-0.2, -0.15) is 0 Å². The molecule has 0 atom stereocenters. The van der Waals surface area contributed by atoms with Gasteiger partial charge in [0.05, 0.1) is 4.58 Å². The van der Waals surface area contributed by atoms with Gasteiger partial charge in [-0.15, -0.1) is 23.5 Å². The highest BCUT2D eigenvalue weighted by molar-refractivity contribution is 8.16. The third kappa shape index (κ3) is 8.17. The number of unbranched alkanes of at least 4 members (excludes halogenated alkanes) is 3. The average Bonchev–Trinajstić information content (AvgIpc) is 2.78. The van der Waals surface area contributed by atoms with E-state index in [4.69, 9.17) is 0 Å². The van der Waals surface area contributed by atoms with Crippen molar-refractivity contribution < 1.29 is 0 Å². The summed E-state index contributed by atoms with van der Waals surface area (Å²) in [5.41, 5.74) is 3.11. The van der Waals surface area contributed by atoms with Crippen LogP contribution in [0.3, 0.4) is 0 Å². The molecule has 1 saturated carbocycles. The van der Waals surface area contributed by atoms with E-state index in [9.17, 15) is 0 Å². The van der Waals surface area contributed by atoms with Crippen molar-refractivity contribution in [3.63, 3.8) is 0 Å². The van der Waals surface area contributed by atoms with Gasteiger partial charge in [-0.3, -0.25) is 0 Å². The summed E-state index contributed by atoms with van der Waals surface area (Å²) in [6, 6.07) is 9.71. The van der Waals surface area contributed by atoms with E-state index in [0.29, 0.717) is 4.58 Å². The predicted molar refractivity (Wildman–Crippen MR) is 135 cm³/mol. The summed E-state index contributed by atoms with van der Waals surface area (Å²) in [7, 11) is 0. The van der Waals surface area contributed by atoms with E-state index in [1.165, 1.54) is 95.0 Å². The molecule has 2 heteroatoms. The van der Waals surface area contributed by atoms with Crippen molar-refractivity contribution in [1.29, 1.82) is 0 Å². The number of hydrogen-bond donors (Lipinski definition) is 0. The first-order chi connectivity index (χ1) is 14.3. The maximum absolute atomic E-state index is 2.43. The van der Waals surface area contributed by atoms with Gasteiger partial charge >= 0.3 is 0 Å². The Balaban J connectivity index is 1.34. The quantitative estimate of drug-likeness (QED) is 0.319. The van der Waals surface area contributed by atoms with E-state index in [2.05, 4.69) is 61.6 Å². The van der Waals surface area contributed by atoms with Crippen molar-refractivity contribution in [2.24, 2.45) is 17.8 Å². The third-order valence-electron chi connectivity index (χ3n) is 7.21. The zero-order valence-electron chi connectivity index (χ0n) is 19.0. The van der Waals surface area contributed by atoms with Crippen molar-refractivity contribution in [2.75, 3.05) is 11.5 Å². The molecule has 0 aromatic heterocycles. The third-order valence-corrected chi connectivity index (χ3v) is 10.5. The number of rotatable bonds is 11. The smallest absolute Gasteiger partial charge is 0.0751 e. The average molecular weight is 433 g/mol. The standard InChI is InChI=1S/C27H44S2/c1-3-5-7-9-22-10-12-23(13-11-22)14-15-24-16-18-26(19-17-24)27-28-20-25(21-29-27)8-6-4-2/h16-19,22-23,25,27H,3-15,20-21H2,1-2H3/t22-,23-,25?,27?. The summed E-state index contributed by atoms with van der Waals surface area (Å²) in [6.45, 7) is 4.63. The zero-order chi connectivity index (χ0) is 20.3. The molecule has 164 valence electrons. The highest BCUT2D eigenvalue weighted by atomic mass is 32.2. The molecule has 0 bridgehead atoms. The highest BCUT2D eigenvalue weighted by Gasteiger charge is 2.23. The molecule has 1 aliphatic heterocycles. The lowest BCUT2D eigenvalue weighted by Crippen LogP contribution is -2.15. The topological polar surface area (TPSA) is 0 Å². The fourth-order valence-corrected chi connectivity index (χ4v) is 8.27. The Morgan fingerprint density at radius 2 is 1.28 bits per heavy atom. The molecule has 0 spiro atoms. The van der Waals surface area contributed by atoms with E-state index in [-0.39, 0.29) is 0 Å². The fraction of sp³-hybridized carbons (Fsp3) is 0.778. The van der Waals surface area contributed by atoms with Gasteiger partial charge in [0.15, 0.2) is 0 Å². The molecule has 3 rings (SSSR count). The maximum atomic E-state index is 2.43. The monoisotopic (exact) mass is 432 g/mol. The van der Waals surface area contributed by atoms with Crippen LogP contribution in [0.1, 0.15) is 107 Å². The van der Waals surface area contributed by atoms with E-state index in [1.807, 2.05) is 0 Å². The first-order valence-corrected chi connectivity index (χ1v) is 14.7. The molecule has 0 nitrogen and oxygen atoms in total. The predicted octanol–water partition coefficient (Wildman–Crippen LogP) is 9.29. The second-order valence-corrected chi connectivity index (χ2v) is 12.2. The van der Waals surface area contributed by atoms with Gasteiger partial charge in [0.25, 0.3) is 0 Å². The van der Waals surface area contributed by atoms with Crippen LogP contribution in [0.2, 0.25) is 0 Å². The van der Waals surface area contributed by atoms with Crippen molar-refractivity contribution >= 4 is 23.5 Å². The molecule has 0 radical (unpaired) electrons. The SMILES string of the molecule is CCCCC[C@H]1CC[C@H](CCc2ccc(C3SCC(CCCC)CS3)cc2)CC1. The number of hydrogen-bond acceptors (Lipinski definition) is 2. The van der Waals surface area contributed by atoms with Gasteiger partial charge in [0.1, 0.15) is 0 Å². The minimum absolute atomic E-state index is 0.671. The van der Waals surface area contributed by atoms with Gasteiger partial charge in [-0.25, -0.2) is 0 Å². The zero-order valence-corrected chi connectivity index (χ0v) is 20.7. The summed E-state index contributed by atoms with van der Waals surface area (Å²) < 4.78 is 0.671. The van der Waals surface area contributed by atoms with E-state index in [1.54, 1.807) is 11.1 Å². The second kappa shape index (κ2) is 13.4. The van der Waals surface area contributed by atoms with Crippen molar-refractivity contribution in [3.05, 3.63) is 35.4 Å². The number of aryl methyl sites for hydroxylation is 1. The summed E-state index contributed by atoms with van der Waals surface area (Å²) in [5, 5.41) is 0. The van der Waals surface area contributed by atoms with Crippen LogP contribution in [0, 0.1) is 17.8 Å². The first kappa shape index (κ1) is 23.6. The van der Waals surface area contributed by atoms with Crippen molar-refractivity contribution in [3.8, 4) is 0 Å². The molecule has 1 heterocycles. The van der Waals surface area contributed by atoms with Crippen LogP contribution >= 0.6 is 23.5 Å². The van der Waals surface area contributed by atoms with Gasteiger partial charge in [-0.1, -0.05) is 102 Å². The molecule has 0 amide bonds. The summed E-state index contributed by atoms with van der Waals surface area (Å²) in [4.78, 5) is 0. The molecule has 2 fully saturated rings. The van der Waals surface area contributed by atoms with E-state index in [0.717, 1.165) is 17.8 Å². The van der Waals surface area contributed by atoms with Crippen LogP contribution in [0.4, 0.5) is 0 Å². The van der Waals surface area contributed by atoms with Crippen LogP contribution in [-0.4, -0.2) is 11.5 Å². The Morgan fingerprint density at radius 1 is 0.690 bits per heavy atom. The van der Waals surface area contributed by atoms with Gasteiger partial charge in [-0.05, 0) is 59.6 Å². The van der Waals surface area contributed by atoms with E-state index < -0.39 is 0 Å². The molecule has 2 aliphatic rings. The molecule has 0 unspecified atom stereocenters. The number of thioether (sulfide) groups is 2. The Kier molecular flexibility index (Phi) is 10.9. The minimum atomic E-state index is 0.671. The van der Waals surface area contributed by atoms with Crippen molar-refractivity contribution in [2.45, 2.75) is 102 Å². The van der Waals surface area contributed by atoms with Crippen LogP contribution in [-0.2, 0) is 6.42 Å². The summed E-state index contributed by atoms with van der Waals surface area (Å²) >= 11 is 4.37. The van der Waals surface area contributed by atoms with Crippen molar-refractivity contribution in [1.82, 2.24) is 0 Å². The molecule has 1 aliphatic carbocycles. The van der Waals surface area contributed by atoms with Gasteiger partial charge in [0, 0.05) is 0 Å². The fourth-order valence-electron chi connectivity index (χ4n) is 5.10. The lowest BCUT2D eigenvalue weighted by molar-refractivity contribution is 0.249. The lowest BCUT2D eigenvalue weighted by atomic mass is 9.78. The maximum Gasteiger partial charge on any atom is 0.0751 e. The van der Waals surface area contributed by atoms with Crippen LogP contribution < -0.4 is 0 Å². The highest BCUT2D eigenvalue weighted by Crippen LogP contribution is 2.46. The second-order valence-electron chi connectivity index (χ2n) is 9.67. The molecule has 1 saturated heterocycles. The van der Waals surface area contributed by atoms with Crippen LogP contribution in [0.25, 0.3) is 0 Å². The Bertz CT molecular complexity index is 536. The molecule has 29 heavy (non-hydrogen) atoms. The summed E-state index contributed by atoms with van der Waals surface area (Å²) in [6.07, 6.45) is 18.6. The first-order valence-electron chi connectivity index (χ1n) is 12.6. The summed E-state index contributed by atoms with van der Waals surface area (Å²) in [5.74, 6) is 5.70.